The van der Waals surface area contributed by atoms with Crippen LogP contribution in [0.5, 0.6) is 0 Å². The van der Waals surface area contributed by atoms with Gasteiger partial charge in [-0.25, -0.2) is 0 Å². The van der Waals surface area contributed by atoms with Crippen molar-refractivity contribution in [3.8, 4) is 0 Å². The van der Waals surface area contributed by atoms with Gasteiger partial charge in [0.1, 0.15) is 13.2 Å². The summed E-state index contributed by atoms with van der Waals surface area (Å²) in [5.74, 6) is -0.924. The second-order valence-electron chi connectivity index (χ2n) is 14.9. The summed E-state index contributed by atoms with van der Waals surface area (Å²) in [5, 5.41) is 0. The fourth-order valence-corrected chi connectivity index (χ4v) is 6.07. The number of carbonyl (C=O) groups excluding carboxylic acids is 3. The number of rotatable bonds is 40. The van der Waals surface area contributed by atoms with E-state index >= 15 is 0 Å². The van der Waals surface area contributed by atoms with Crippen LogP contribution in [0.25, 0.3) is 0 Å². The number of hydrogen-bond donors (Lipinski definition) is 0. The van der Waals surface area contributed by atoms with E-state index in [1.54, 1.807) is 0 Å². The van der Waals surface area contributed by atoms with Crippen LogP contribution in [-0.2, 0) is 28.6 Å². The van der Waals surface area contributed by atoms with Crippen molar-refractivity contribution in [1.29, 1.82) is 0 Å². The molecule has 0 spiro atoms. The molecule has 6 nitrogen and oxygen atoms in total. The maximum absolute atomic E-state index is 12.7. The van der Waals surface area contributed by atoms with Crippen molar-refractivity contribution in [3.63, 3.8) is 0 Å². The van der Waals surface area contributed by atoms with E-state index in [4.69, 9.17) is 14.2 Å². The number of ether oxygens (including phenoxy) is 3. The molecule has 0 N–H and O–H groups in total. The molecule has 1 unspecified atom stereocenters. The van der Waals surface area contributed by atoms with Gasteiger partial charge in [-0.2, -0.15) is 0 Å². The van der Waals surface area contributed by atoms with Gasteiger partial charge in [-0.05, 0) is 83.5 Å². The summed E-state index contributed by atoms with van der Waals surface area (Å²) in [6.45, 7) is 6.39. The summed E-state index contributed by atoms with van der Waals surface area (Å²) in [6, 6.07) is 0. The first-order chi connectivity index (χ1) is 27.0. The topological polar surface area (TPSA) is 78.9 Å². The summed E-state index contributed by atoms with van der Waals surface area (Å²) in [6.07, 6.45) is 52.3. The molecule has 6 heteroatoms. The maximum atomic E-state index is 12.7. The third-order valence-electron chi connectivity index (χ3n) is 9.51. The third-order valence-corrected chi connectivity index (χ3v) is 9.51. The molecule has 0 radical (unpaired) electrons. The summed E-state index contributed by atoms with van der Waals surface area (Å²) in [4.78, 5) is 37.5. The molecule has 316 valence electrons. The molecule has 55 heavy (non-hydrogen) atoms. The van der Waals surface area contributed by atoms with Crippen molar-refractivity contribution >= 4 is 17.9 Å². The van der Waals surface area contributed by atoms with Gasteiger partial charge in [0.15, 0.2) is 6.10 Å². The van der Waals surface area contributed by atoms with E-state index in [9.17, 15) is 14.4 Å². The highest BCUT2D eigenvalue weighted by molar-refractivity contribution is 5.71. The van der Waals surface area contributed by atoms with Crippen LogP contribution in [0, 0.1) is 0 Å². The highest BCUT2D eigenvalue weighted by atomic mass is 16.6. The second-order valence-corrected chi connectivity index (χ2v) is 14.9. The Morgan fingerprint density at radius 1 is 0.382 bits per heavy atom. The minimum absolute atomic E-state index is 0.0835. The predicted molar refractivity (Wildman–Crippen MR) is 233 cm³/mol. The molecule has 1 atom stereocenters. The summed E-state index contributed by atoms with van der Waals surface area (Å²) >= 11 is 0. The van der Waals surface area contributed by atoms with E-state index in [-0.39, 0.29) is 31.1 Å². The molecule has 0 bridgehead atoms. The zero-order valence-corrected chi connectivity index (χ0v) is 35.9. The van der Waals surface area contributed by atoms with Crippen LogP contribution in [0.2, 0.25) is 0 Å². The van der Waals surface area contributed by atoms with Crippen LogP contribution in [0.4, 0.5) is 0 Å². The van der Waals surface area contributed by atoms with Crippen LogP contribution in [0.3, 0.4) is 0 Å². The molecule has 0 rings (SSSR count). The van der Waals surface area contributed by atoms with Gasteiger partial charge in [0.25, 0.3) is 0 Å². The number of unbranched alkanes of at least 4 members (excludes halogenated alkanes) is 19. The number of allylic oxidation sites excluding steroid dienone is 10. The Morgan fingerprint density at radius 2 is 0.709 bits per heavy atom. The van der Waals surface area contributed by atoms with Crippen molar-refractivity contribution in [2.75, 3.05) is 13.2 Å². The van der Waals surface area contributed by atoms with Crippen molar-refractivity contribution in [1.82, 2.24) is 0 Å². The monoisotopic (exact) mass is 769 g/mol. The lowest BCUT2D eigenvalue weighted by atomic mass is 10.1. The van der Waals surface area contributed by atoms with Gasteiger partial charge in [-0.3, -0.25) is 14.4 Å². The van der Waals surface area contributed by atoms with Crippen molar-refractivity contribution in [3.05, 3.63) is 60.8 Å². The van der Waals surface area contributed by atoms with Crippen molar-refractivity contribution in [2.45, 2.75) is 219 Å². The van der Waals surface area contributed by atoms with Crippen molar-refractivity contribution in [2.24, 2.45) is 0 Å². The Bertz CT molecular complexity index is 1020. The first-order valence-corrected chi connectivity index (χ1v) is 22.8. The second kappa shape index (κ2) is 43.8. The number of hydrogen-bond acceptors (Lipinski definition) is 6. The SMILES string of the molecule is CC/C=C\C/C=C\C/C=C\C/C=C\CCCCCCCCC(=O)OCC(COC(=O)CCCCCCC)OC(=O)CCCCCCC/C=C\CCCCCC. The lowest BCUT2D eigenvalue weighted by molar-refractivity contribution is -0.167. The fourth-order valence-electron chi connectivity index (χ4n) is 6.07. The van der Waals surface area contributed by atoms with Crippen LogP contribution in [-0.4, -0.2) is 37.2 Å². The summed E-state index contributed by atoms with van der Waals surface area (Å²) in [7, 11) is 0. The van der Waals surface area contributed by atoms with Gasteiger partial charge in [-0.15, -0.1) is 0 Å². The van der Waals surface area contributed by atoms with Crippen LogP contribution in [0.1, 0.15) is 213 Å². The van der Waals surface area contributed by atoms with Gasteiger partial charge in [0.2, 0.25) is 0 Å². The van der Waals surface area contributed by atoms with Gasteiger partial charge in [-0.1, -0.05) is 171 Å². The smallest absolute Gasteiger partial charge is 0.306 e. The average Bonchev–Trinajstić information content (AvgIpc) is 3.18. The molecule has 0 aromatic heterocycles. The van der Waals surface area contributed by atoms with Crippen molar-refractivity contribution < 1.29 is 28.6 Å². The van der Waals surface area contributed by atoms with Gasteiger partial charge >= 0.3 is 17.9 Å². The van der Waals surface area contributed by atoms with E-state index in [2.05, 4.69) is 81.5 Å². The molecule has 0 aliphatic rings. The molecule has 0 saturated carbocycles. The Hall–Kier alpha value is -2.89. The molecule has 0 aliphatic carbocycles. The van der Waals surface area contributed by atoms with Gasteiger partial charge in [0, 0.05) is 19.3 Å². The highest BCUT2D eigenvalue weighted by Crippen LogP contribution is 2.13. The Morgan fingerprint density at radius 3 is 1.15 bits per heavy atom. The minimum atomic E-state index is -0.778. The molecule has 0 fully saturated rings. The molecule has 0 heterocycles. The van der Waals surface area contributed by atoms with Crippen LogP contribution in [0.15, 0.2) is 60.8 Å². The zero-order chi connectivity index (χ0) is 40.1. The summed E-state index contributed by atoms with van der Waals surface area (Å²) in [5.41, 5.74) is 0. The molecular weight excluding hydrogens is 685 g/mol. The molecule has 0 aliphatic heterocycles. The fraction of sp³-hybridized carbons (Fsp3) is 0.735. The first-order valence-electron chi connectivity index (χ1n) is 22.8. The minimum Gasteiger partial charge on any atom is -0.462 e. The van der Waals surface area contributed by atoms with Gasteiger partial charge in [0.05, 0.1) is 0 Å². The maximum Gasteiger partial charge on any atom is 0.306 e. The van der Waals surface area contributed by atoms with E-state index < -0.39 is 6.10 Å². The lowest BCUT2D eigenvalue weighted by Crippen LogP contribution is -2.30. The quantitative estimate of drug-likeness (QED) is 0.0267. The molecular formula is C49H84O6. The largest absolute Gasteiger partial charge is 0.462 e. The van der Waals surface area contributed by atoms with Gasteiger partial charge < -0.3 is 14.2 Å². The van der Waals surface area contributed by atoms with E-state index in [1.165, 1.54) is 64.2 Å². The molecule has 0 aromatic carbocycles. The molecule has 0 aromatic rings. The lowest BCUT2D eigenvalue weighted by Gasteiger charge is -2.18. The predicted octanol–water partition coefficient (Wildman–Crippen LogP) is 14.5. The van der Waals surface area contributed by atoms with Crippen LogP contribution < -0.4 is 0 Å². The average molecular weight is 769 g/mol. The standard InChI is InChI=1S/C49H84O6/c1-4-7-10-13-15-17-19-21-22-23-24-25-26-28-29-31-33-36-39-42-48(51)54-45-46(44-53-47(50)41-38-35-12-9-6-3)55-49(52)43-40-37-34-32-30-27-20-18-16-14-11-8-5-2/h7,10,15,17-18,20-22,24-25,46H,4-6,8-9,11-14,16,19,23,26-45H2,1-3H3/b10-7-,17-15-,20-18-,22-21-,25-24-. The summed E-state index contributed by atoms with van der Waals surface area (Å²) < 4.78 is 16.6. The third kappa shape index (κ3) is 42.1. The highest BCUT2D eigenvalue weighted by Gasteiger charge is 2.19. The number of carbonyl (C=O) groups is 3. The zero-order valence-electron chi connectivity index (χ0n) is 35.9. The van der Waals surface area contributed by atoms with E-state index in [1.807, 2.05) is 0 Å². The normalized spacial score (nSPS) is 12.6. The Balaban J connectivity index is 4.24. The van der Waals surface area contributed by atoms with E-state index in [0.29, 0.717) is 19.3 Å². The Labute approximate surface area is 339 Å². The number of esters is 3. The van der Waals surface area contributed by atoms with E-state index in [0.717, 1.165) is 109 Å². The molecule has 0 saturated heterocycles. The molecule has 0 amide bonds. The first kappa shape index (κ1) is 52.1. The Kier molecular flexibility index (Phi) is 41.5. The van der Waals surface area contributed by atoms with Crippen LogP contribution >= 0.6 is 0 Å².